The molecule has 7 heteroatoms. The zero-order valence-electron chi connectivity index (χ0n) is 21.3. The number of benzene rings is 2. The largest absolute Gasteiger partial charge is 0.453 e. The maximum absolute atomic E-state index is 12.4. The molecule has 2 heterocycles. The Kier molecular flexibility index (Phi) is 8.50. The van der Waals surface area contributed by atoms with E-state index in [1.807, 2.05) is 24.3 Å². The predicted molar refractivity (Wildman–Crippen MR) is 145 cm³/mol. The average molecular weight is 510 g/mol. The second-order valence-electron chi connectivity index (χ2n) is 9.92. The number of aliphatic hydroxyl groups is 1. The second-order valence-corrected chi connectivity index (χ2v) is 10.3. The van der Waals surface area contributed by atoms with E-state index in [9.17, 15) is 9.90 Å². The molecule has 1 aromatic heterocycles. The number of nitrogens with one attached hydrogen (secondary N) is 2. The summed E-state index contributed by atoms with van der Waals surface area (Å²) in [6, 6.07) is 16.1. The quantitative estimate of drug-likeness (QED) is 0.324. The minimum absolute atomic E-state index is 0.00766. The van der Waals surface area contributed by atoms with Gasteiger partial charge in [0.15, 0.2) is 0 Å². The molecule has 1 aliphatic heterocycles. The normalized spacial score (nSPS) is 17.7. The molecule has 192 valence electrons. The second kappa shape index (κ2) is 11.6. The van der Waals surface area contributed by atoms with E-state index in [0.29, 0.717) is 30.3 Å². The summed E-state index contributed by atoms with van der Waals surface area (Å²) in [7, 11) is 1.35. The number of alkyl carbamates (subject to hydrolysis) is 1. The number of nitrogens with zero attached hydrogens (tertiary/aromatic N) is 1. The van der Waals surface area contributed by atoms with Crippen LogP contribution >= 0.6 is 11.6 Å². The molecular weight excluding hydrogens is 474 g/mol. The standard InChI is InChI=1S/C29H36ClN3O3/c1-19(2)22-10-4-8-20-13-14-25(33-27(20)22)26-23(11-5-12-24(26)30)29(35,21-9-6-16-31-18-21)15-7-17-32-28(34)36-3/h4-5,8,10-14,19,21,31,35H,6-7,9,15-18H2,1-3H3,(H,32,34). The number of aromatic nitrogens is 1. The van der Waals surface area contributed by atoms with Crippen LogP contribution in [0, 0.1) is 5.92 Å². The van der Waals surface area contributed by atoms with Gasteiger partial charge in [-0.1, -0.05) is 61.8 Å². The van der Waals surface area contributed by atoms with E-state index in [2.05, 4.69) is 53.5 Å². The highest BCUT2D eigenvalue weighted by Gasteiger charge is 2.41. The zero-order chi connectivity index (χ0) is 25.7. The van der Waals surface area contributed by atoms with Gasteiger partial charge in [0.1, 0.15) is 0 Å². The molecule has 1 fully saturated rings. The number of hydrogen-bond acceptors (Lipinski definition) is 5. The third kappa shape index (κ3) is 5.51. The van der Waals surface area contributed by atoms with Crippen LogP contribution in [0.2, 0.25) is 5.02 Å². The molecule has 2 aromatic carbocycles. The lowest BCUT2D eigenvalue weighted by Crippen LogP contribution is -2.45. The molecule has 1 aliphatic rings. The van der Waals surface area contributed by atoms with Gasteiger partial charge in [0.2, 0.25) is 0 Å². The molecule has 36 heavy (non-hydrogen) atoms. The number of halogens is 1. The van der Waals surface area contributed by atoms with Crippen LogP contribution < -0.4 is 10.6 Å². The first-order valence-electron chi connectivity index (χ1n) is 12.8. The number of carbonyl (C=O) groups excluding carboxylic acids is 1. The van der Waals surface area contributed by atoms with E-state index in [1.165, 1.54) is 12.7 Å². The van der Waals surface area contributed by atoms with E-state index in [-0.39, 0.29) is 5.92 Å². The SMILES string of the molecule is COC(=O)NCCCC(O)(c1cccc(Cl)c1-c1ccc2cccc(C(C)C)c2n1)C1CCCNC1. The van der Waals surface area contributed by atoms with Crippen LogP contribution in [0.25, 0.3) is 22.2 Å². The van der Waals surface area contributed by atoms with E-state index in [0.717, 1.165) is 53.7 Å². The Morgan fingerprint density at radius 3 is 2.78 bits per heavy atom. The lowest BCUT2D eigenvalue weighted by molar-refractivity contribution is -0.0416. The monoisotopic (exact) mass is 509 g/mol. The molecule has 3 N–H and O–H groups in total. The van der Waals surface area contributed by atoms with E-state index >= 15 is 0 Å². The van der Waals surface area contributed by atoms with Gasteiger partial charge in [-0.3, -0.25) is 0 Å². The summed E-state index contributed by atoms with van der Waals surface area (Å²) >= 11 is 6.84. The number of piperidine rings is 1. The maximum Gasteiger partial charge on any atom is 0.406 e. The molecule has 0 aliphatic carbocycles. The highest BCUT2D eigenvalue weighted by molar-refractivity contribution is 6.33. The number of hydrogen-bond donors (Lipinski definition) is 3. The molecule has 1 saturated heterocycles. The lowest BCUT2D eigenvalue weighted by atomic mass is 9.73. The van der Waals surface area contributed by atoms with Crippen molar-refractivity contribution in [1.29, 1.82) is 0 Å². The van der Waals surface area contributed by atoms with Gasteiger partial charge in [-0.05, 0) is 61.4 Å². The summed E-state index contributed by atoms with van der Waals surface area (Å²) in [5.74, 6) is 0.336. The Labute approximate surface area is 218 Å². The van der Waals surface area contributed by atoms with Gasteiger partial charge in [-0.25, -0.2) is 9.78 Å². The summed E-state index contributed by atoms with van der Waals surface area (Å²) in [6.45, 7) is 6.41. The Morgan fingerprint density at radius 2 is 2.06 bits per heavy atom. The molecule has 0 saturated carbocycles. The third-order valence-corrected chi connectivity index (χ3v) is 7.59. The van der Waals surface area contributed by atoms with Gasteiger partial charge in [0, 0.05) is 30.0 Å². The van der Waals surface area contributed by atoms with Crippen LogP contribution in [0.3, 0.4) is 0 Å². The van der Waals surface area contributed by atoms with E-state index in [4.69, 9.17) is 16.6 Å². The van der Waals surface area contributed by atoms with Gasteiger partial charge in [0.25, 0.3) is 0 Å². The number of fused-ring (bicyclic) bond motifs is 1. The highest BCUT2D eigenvalue weighted by atomic mass is 35.5. The van der Waals surface area contributed by atoms with Crippen molar-refractivity contribution in [2.75, 3.05) is 26.7 Å². The van der Waals surface area contributed by atoms with Gasteiger partial charge in [0.05, 0.1) is 28.9 Å². The zero-order valence-corrected chi connectivity index (χ0v) is 22.1. The van der Waals surface area contributed by atoms with Crippen molar-refractivity contribution in [2.45, 2.75) is 51.0 Å². The summed E-state index contributed by atoms with van der Waals surface area (Å²) in [5.41, 5.74) is 3.32. The minimum Gasteiger partial charge on any atom is -0.453 e. The number of rotatable bonds is 8. The fourth-order valence-corrected chi connectivity index (χ4v) is 5.63. The van der Waals surface area contributed by atoms with Crippen LogP contribution in [0.15, 0.2) is 48.5 Å². The fourth-order valence-electron chi connectivity index (χ4n) is 5.36. The molecule has 0 bridgehead atoms. The third-order valence-electron chi connectivity index (χ3n) is 7.27. The number of ether oxygens (including phenoxy) is 1. The van der Waals surface area contributed by atoms with Crippen LogP contribution in [0.5, 0.6) is 0 Å². The fraction of sp³-hybridized carbons (Fsp3) is 0.448. The molecule has 6 nitrogen and oxygen atoms in total. The van der Waals surface area contributed by atoms with Crippen molar-refractivity contribution < 1.29 is 14.6 Å². The van der Waals surface area contributed by atoms with Crippen LogP contribution in [-0.2, 0) is 10.3 Å². The Balaban J connectivity index is 1.79. The number of para-hydroxylation sites is 1. The van der Waals surface area contributed by atoms with Crippen LogP contribution in [0.1, 0.15) is 56.6 Å². The minimum atomic E-state index is -1.14. The smallest absolute Gasteiger partial charge is 0.406 e. The van der Waals surface area contributed by atoms with Gasteiger partial charge < -0.3 is 20.5 Å². The van der Waals surface area contributed by atoms with Crippen molar-refractivity contribution in [2.24, 2.45) is 5.92 Å². The maximum atomic E-state index is 12.4. The Bertz CT molecular complexity index is 1210. The molecule has 2 atom stereocenters. The number of methoxy groups -OCH3 is 1. The van der Waals surface area contributed by atoms with Crippen molar-refractivity contribution >= 4 is 28.6 Å². The van der Waals surface area contributed by atoms with Gasteiger partial charge in [-0.15, -0.1) is 0 Å². The Hall–Kier alpha value is -2.67. The molecule has 3 aromatic rings. The number of pyridine rings is 1. The van der Waals surface area contributed by atoms with Crippen molar-refractivity contribution in [1.82, 2.24) is 15.6 Å². The molecule has 1 amide bonds. The molecule has 0 radical (unpaired) electrons. The molecule has 4 rings (SSSR count). The summed E-state index contributed by atoms with van der Waals surface area (Å²) in [6.07, 6.45) is 2.50. The lowest BCUT2D eigenvalue weighted by Gasteiger charge is -2.40. The molecule has 0 spiro atoms. The average Bonchev–Trinajstić information content (AvgIpc) is 2.90. The highest BCUT2D eigenvalue weighted by Crippen LogP contribution is 2.44. The molecule has 2 unspecified atom stereocenters. The van der Waals surface area contributed by atoms with Crippen LogP contribution in [0.4, 0.5) is 4.79 Å². The summed E-state index contributed by atoms with van der Waals surface area (Å²) in [5, 5.41) is 20.2. The summed E-state index contributed by atoms with van der Waals surface area (Å²) in [4.78, 5) is 16.6. The van der Waals surface area contributed by atoms with Crippen molar-refractivity contribution in [3.05, 3.63) is 64.7 Å². The predicted octanol–water partition coefficient (Wildman–Crippen LogP) is 6.00. The summed E-state index contributed by atoms with van der Waals surface area (Å²) < 4.78 is 4.69. The topological polar surface area (TPSA) is 83.5 Å². The number of amides is 1. The van der Waals surface area contributed by atoms with Gasteiger partial charge >= 0.3 is 6.09 Å². The van der Waals surface area contributed by atoms with E-state index < -0.39 is 11.7 Å². The van der Waals surface area contributed by atoms with Gasteiger partial charge in [-0.2, -0.15) is 0 Å². The van der Waals surface area contributed by atoms with Crippen LogP contribution in [-0.4, -0.2) is 42.9 Å². The van der Waals surface area contributed by atoms with E-state index in [1.54, 1.807) is 0 Å². The molecular formula is C29H36ClN3O3. The first-order valence-corrected chi connectivity index (χ1v) is 13.2. The number of carbonyl (C=O) groups is 1. The van der Waals surface area contributed by atoms with Crippen molar-refractivity contribution in [3.8, 4) is 11.3 Å². The van der Waals surface area contributed by atoms with Crippen molar-refractivity contribution in [3.63, 3.8) is 0 Å². The first-order chi connectivity index (χ1) is 17.3. The Morgan fingerprint density at radius 1 is 1.25 bits per heavy atom. The first kappa shape index (κ1) is 26.4.